The average Bonchev–Trinajstić information content (AvgIpc) is 3.12. The Balaban J connectivity index is 1.80. The van der Waals surface area contributed by atoms with Crippen LogP contribution in [0.15, 0.2) is 29.2 Å². The van der Waals surface area contributed by atoms with E-state index in [9.17, 15) is 13.2 Å². The summed E-state index contributed by atoms with van der Waals surface area (Å²) in [4.78, 5) is 17.3. The van der Waals surface area contributed by atoms with Crippen LogP contribution in [0.25, 0.3) is 0 Å². The molecular weight excluding hydrogens is 362 g/mol. The SMILES string of the molecule is CN1CCN(C(=O)C2CCCN2S(=O)(=O)c2ccc(C(C)(C)C)cc2)CC1. The van der Waals surface area contributed by atoms with Crippen LogP contribution in [0.4, 0.5) is 0 Å². The molecule has 0 saturated carbocycles. The highest BCUT2D eigenvalue weighted by Crippen LogP contribution is 2.29. The molecule has 7 heteroatoms. The Labute approximate surface area is 163 Å². The molecule has 1 unspecified atom stereocenters. The van der Waals surface area contributed by atoms with Gasteiger partial charge in [-0.15, -0.1) is 0 Å². The summed E-state index contributed by atoms with van der Waals surface area (Å²) in [6.45, 7) is 9.71. The number of carbonyl (C=O) groups excluding carboxylic acids is 1. The zero-order valence-electron chi connectivity index (χ0n) is 16.8. The van der Waals surface area contributed by atoms with Gasteiger partial charge in [0.05, 0.1) is 4.90 Å². The molecule has 2 fully saturated rings. The van der Waals surface area contributed by atoms with Crippen LogP contribution in [-0.2, 0) is 20.2 Å². The third-order valence-corrected chi connectivity index (χ3v) is 7.55. The van der Waals surface area contributed by atoms with Crippen LogP contribution in [0.5, 0.6) is 0 Å². The molecule has 2 saturated heterocycles. The Kier molecular flexibility index (Phi) is 5.66. The summed E-state index contributed by atoms with van der Waals surface area (Å²) in [7, 11) is -1.63. The number of carbonyl (C=O) groups is 1. The third kappa shape index (κ3) is 4.20. The van der Waals surface area contributed by atoms with E-state index in [1.165, 1.54) is 4.31 Å². The van der Waals surface area contributed by atoms with Crippen molar-refractivity contribution < 1.29 is 13.2 Å². The lowest BCUT2D eigenvalue weighted by molar-refractivity contribution is -0.136. The maximum absolute atomic E-state index is 13.2. The van der Waals surface area contributed by atoms with E-state index in [4.69, 9.17) is 0 Å². The normalized spacial score (nSPS) is 23.0. The van der Waals surface area contributed by atoms with Gasteiger partial charge in [-0.3, -0.25) is 4.79 Å². The lowest BCUT2D eigenvalue weighted by atomic mass is 9.87. The van der Waals surface area contributed by atoms with Crippen molar-refractivity contribution in [2.24, 2.45) is 0 Å². The lowest BCUT2D eigenvalue weighted by Crippen LogP contribution is -2.53. The Bertz CT molecular complexity index is 776. The molecular formula is C20H31N3O3S. The highest BCUT2D eigenvalue weighted by Gasteiger charge is 2.41. The van der Waals surface area contributed by atoms with Crippen molar-refractivity contribution in [3.05, 3.63) is 29.8 Å². The first kappa shape index (κ1) is 20.3. The fourth-order valence-corrected chi connectivity index (χ4v) is 5.43. The summed E-state index contributed by atoms with van der Waals surface area (Å²) in [6, 6.07) is 6.53. The van der Waals surface area contributed by atoms with Crippen molar-refractivity contribution in [3.63, 3.8) is 0 Å². The molecule has 0 bridgehead atoms. The van der Waals surface area contributed by atoms with Gasteiger partial charge in [0.2, 0.25) is 15.9 Å². The molecule has 1 atom stereocenters. The second-order valence-electron chi connectivity index (χ2n) is 8.68. The maximum atomic E-state index is 13.2. The van der Waals surface area contributed by atoms with Crippen molar-refractivity contribution in [2.75, 3.05) is 39.8 Å². The molecule has 0 N–H and O–H groups in total. The number of nitrogens with zero attached hydrogens (tertiary/aromatic N) is 3. The Hall–Kier alpha value is -1.44. The van der Waals surface area contributed by atoms with Crippen LogP contribution in [0.1, 0.15) is 39.2 Å². The number of likely N-dealkylation sites (N-methyl/N-ethyl adjacent to an activating group) is 1. The largest absolute Gasteiger partial charge is 0.339 e. The van der Waals surface area contributed by atoms with Crippen molar-refractivity contribution in [2.45, 2.75) is 50.0 Å². The van der Waals surface area contributed by atoms with Gasteiger partial charge in [-0.1, -0.05) is 32.9 Å². The number of hydrogen-bond donors (Lipinski definition) is 0. The fraction of sp³-hybridized carbons (Fsp3) is 0.650. The first-order valence-electron chi connectivity index (χ1n) is 9.70. The monoisotopic (exact) mass is 393 g/mol. The van der Waals surface area contributed by atoms with Crippen LogP contribution in [-0.4, -0.2) is 74.2 Å². The number of amides is 1. The summed E-state index contributed by atoms with van der Waals surface area (Å²) in [5, 5.41) is 0. The van der Waals surface area contributed by atoms with Crippen molar-refractivity contribution in [3.8, 4) is 0 Å². The van der Waals surface area contributed by atoms with E-state index >= 15 is 0 Å². The first-order chi connectivity index (χ1) is 12.6. The minimum Gasteiger partial charge on any atom is -0.339 e. The molecule has 2 heterocycles. The Morgan fingerprint density at radius 2 is 1.59 bits per heavy atom. The third-order valence-electron chi connectivity index (χ3n) is 5.63. The maximum Gasteiger partial charge on any atom is 0.243 e. The van der Waals surface area contributed by atoms with Crippen LogP contribution >= 0.6 is 0 Å². The summed E-state index contributed by atoms with van der Waals surface area (Å²) in [5.74, 6) is -0.0458. The molecule has 1 aromatic carbocycles. The van der Waals surface area contributed by atoms with E-state index in [0.29, 0.717) is 26.1 Å². The standard InChI is InChI=1S/C20H31N3O3S/c1-20(2,3)16-7-9-17(10-8-16)27(25,26)23-11-5-6-18(23)19(24)22-14-12-21(4)13-15-22/h7-10,18H,5-6,11-15H2,1-4H3. The van der Waals surface area contributed by atoms with Gasteiger partial charge in [0.15, 0.2) is 0 Å². The predicted octanol–water partition coefficient (Wildman–Crippen LogP) is 1.91. The van der Waals surface area contributed by atoms with Gasteiger partial charge in [-0.2, -0.15) is 4.31 Å². The minimum absolute atomic E-state index is 0.0319. The van der Waals surface area contributed by atoms with E-state index in [0.717, 1.165) is 25.1 Å². The summed E-state index contributed by atoms with van der Waals surface area (Å²) >= 11 is 0. The van der Waals surface area contributed by atoms with E-state index in [1.54, 1.807) is 12.1 Å². The zero-order valence-corrected chi connectivity index (χ0v) is 17.6. The summed E-state index contributed by atoms with van der Waals surface area (Å²) < 4.78 is 27.8. The van der Waals surface area contributed by atoms with Crippen LogP contribution < -0.4 is 0 Å². The molecule has 0 aliphatic carbocycles. The zero-order chi connectivity index (χ0) is 19.8. The van der Waals surface area contributed by atoms with E-state index in [1.807, 2.05) is 24.1 Å². The van der Waals surface area contributed by atoms with Crippen LogP contribution in [0, 0.1) is 0 Å². The quantitative estimate of drug-likeness (QED) is 0.787. The molecule has 2 aliphatic heterocycles. The van der Waals surface area contributed by atoms with Crippen LogP contribution in [0.2, 0.25) is 0 Å². The topological polar surface area (TPSA) is 60.9 Å². The fourth-order valence-electron chi connectivity index (χ4n) is 3.77. The van der Waals surface area contributed by atoms with Crippen molar-refractivity contribution in [1.82, 2.24) is 14.1 Å². The van der Waals surface area contributed by atoms with Crippen molar-refractivity contribution in [1.29, 1.82) is 0 Å². The highest BCUT2D eigenvalue weighted by molar-refractivity contribution is 7.89. The number of piperazine rings is 1. The highest BCUT2D eigenvalue weighted by atomic mass is 32.2. The minimum atomic E-state index is -3.67. The van der Waals surface area contributed by atoms with Crippen molar-refractivity contribution >= 4 is 15.9 Å². The molecule has 6 nitrogen and oxygen atoms in total. The molecule has 1 aromatic rings. The van der Waals surface area contributed by atoms with Gasteiger partial charge >= 0.3 is 0 Å². The predicted molar refractivity (Wildman–Crippen MR) is 106 cm³/mol. The molecule has 0 radical (unpaired) electrons. The molecule has 2 aliphatic rings. The number of sulfonamides is 1. The Morgan fingerprint density at radius 1 is 1.00 bits per heavy atom. The molecule has 1 amide bonds. The van der Waals surface area contributed by atoms with Gasteiger partial charge in [0.25, 0.3) is 0 Å². The molecule has 0 aromatic heterocycles. The molecule has 3 rings (SSSR count). The van der Waals surface area contributed by atoms with E-state index in [-0.39, 0.29) is 16.2 Å². The lowest BCUT2D eigenvalue weighted by Gasteiger charge is -2.35. The van der Waals surface area contributed by atoms with Gasteiger partial charge in [-0.05, 0) is 43.0 Å². The molecule has 150 valence electrons. The Morgan fingerprint density at radius 3 is 2.15 bits per heavy atom. The summed E-state index contributed by atoms with van der Waals surface area (Å²) in [5.41, 5.74) is 1.06. The first-order valence-corrected chi connectivity index (χ1v) is 11.1. The number of benzene rings is 1. The number of rotatable bonds is 3. The second-order valence-corrected chi connectivity index (χ2v) is 10.6. The number of hydrogen-bond acceptors (Lipinski definition) is 4. The van der Waals surface area contributed by atoms with Crippen LogP contribution in [0.3, 0.4) is 0 Å². The molecule has 0 spiro atoms. The van der Waals surface area contributed by atoms with Gasteiger partial charge in [0.1, 0.15) is 6.04 Å². The smallest absolute Gasteiger partial charge is 0.243 e. The molecule has 27 heavy (non-hydrogen) atoms. The second kappa shape index (κ2) is 7.53. The van der Waals surface area contributed by atoms with Gasteiger partial charge in [-0.25, -0.2) is 8.42 Å². The average molecular weight is 394 g/mol. The van der Waals surface area contributed by atoms with Gasteiger partial charge in [0, 0.05) is 32.7 Å². The van der Waals surface area contributed by atoms with Gasteiger partial charge < -0.3 is 9.80 Å². The van der Waals surface area contributed by atoms with E-state index in [2.05, 4.69) is 25.7 Å². The van der Waals surface area contributed by atoms with E-state index < -0.39 is 16.1 Å². The summed E-state index contributed by atoms with van der Waals surface area (Å²) in [6.07, 6.45) is 1.33.